The Hall–Kier alpha value is -5.51. The Kier molecular flexibility index (Phi) is 8.39. The minimum absolute atomic E-state index is 0.241. The summed E-state index contributed by atoms with van der Waals surface area (Å²) in [6, 6.07) is 34.3. The molecule has 1 aromatic heterocycles. The largest absolute Gasteiger partial charge is 0.280 e. The van der Waals surface area contributed by atoms with Crippen molar-refractivity contribution in [1.29, 1.82) is 0 Å². The fraction of sp³-hybridized carbons (Fsp3) is 0.0526. The maximum atomic E-state index is 13.8. The number of benzene rings is 5. The number of hydrogen-bond donors (Lipinski definition) is 1. The van der Waals surface area contributed by atoms with Gasteiger partial charge in [-0.15, -0.1) is 0 Å². The normalized spacial score (nSPS) is 15.3. The lowest BCUT2D eigenvalue weighted by Gasteiger charge is -2.24. The summed E-state index contributed by atoms with van der Waals surface area (Å²) >= 11 is 7.28. The maximum Gasteiger partial charge on any atom is 0.280 e. The highest BCUT2D eigenvalue weighted by Crippen LogP contribution is 2.45. The number of hydrazine groups is 1. The Labute approximate surface area is 284 Å². The minimum Gasteiger partial charge on any atom is -0.268 e. The zero-order chi connectivity index (χ0) is 33.4. The lowest BCUT2D eigenvalue weighted by Crippen LogP contribution is -2.44. The molecular weight excluding hydrogens is 647 g/mol. The fourth-order valence-electron chi connectivity index (χ4n) is 5.41. The van der Waals surface area contributed by atoms with Gasteiger partial charge >= 0.3 is 0 Å². The zero-order valence-corrected chi connectivity index (χ0v) is 27.0. The molecule has 48 heavy (non-hydrogen) atoms. The Balaban J connectivity index is 1.21. The summed E-state index contributed by atoms with van der Waals surface area (Å²) in [6.45, 7) is 1.99. The smallest absolute Gasteiger partial charge is 0.268 e. The first-order valence-electron chi connectivity index (χ1n) is 15.0. The molecule has 2 heterocycles. The third-order valence-electron chi connectivity index (χ3n) is 7.92. The number of aryl methyl sites for hydroxylation is 1. The molecule has 0 aliphatic carbocycles. The number of fused-ring (bicyclic) bond motifs is 1. The van der Waals surface area contributed by atoms with Gasteiger partial charge in [-0.3, -0.25) is 24.4 Å². The third-order valence-corrected chi connectivity index (χ3v) is 9.43. The number of nitrogens with one attached hydrogen (secondary N) is 1. The SMILES string of the molecule is Cc1ccc(-c2nc3ccccc3c(=O)n2-c2ccc(C(=O)NN3C(=O)/C(=C\c4ccc(Cl)cc4)SC3c3ccc(F)cc3)cc2)cc1. The van der Waals surface area contributed by atoms with Gasteiger partial charge in [-0.2, -0.15) is 0 Å². The van der Waals surface area contributed by atoms with E-state index in [1.54, 1.807) is 84.9 Å². The van der Waals surface area contributed by atoms with Gasteiger partial charge in [0.1, 0.15) is 17.0 Å². The van der Waals surface area contributed by atoms with Crippen LogP contribution in [0.5, 0.6) is 0 Å². The molecule has 236 valence electrons. The van der Waals surface area contributed by atoms with Crippen LogP contribution in [0.3, 0.4) is 0 Å². The summed E-state index contributed by atoms with van der Waals surface area (Å²) in [6.07, 6.45) is 1.72. The third kappa shape index (κ3) is 6.13. The van der Waals surface area contributed by atoms with Crippen LogP contribution in [-0.2, 0) is 4.79 Å². The first-order chi connectivity index (χ1) is 23.2. The van der Waals surface area contributed by atoms with Crippen molar-refractivity contribution in [2.75, 3.05) is 0 Å². The standard InChI is InChI=1S/C38H26ClFN4O3S/c1-23-6-10-25(11-7-23)34-41-32-5-3-2-4-31(32)36(46)43(34)30-20-14-26(15-21-30)35(45)42-44-37(47)33(22-24-8-16-28(39)17-9-24)48-38(44)27-12-18-29(40)19-13-27/h2-22,38H,1H3,(H,42,45)/b33-22+. The van der Waals surface area contributed by atoms with Crippen molar-refractivity contribution in [3.63, 3.8) is 0 Å². The molecule has 6 aromatic rings. The van der Waals surface area contributed by atoms with Crippen molar-refractivity contribution in [2.45, 2.75) is 12.3 Å². The number of amides is 2. The van der Waals surface area contributed by atoms with E-state index in [1.165, 1.54) is 33.5 Å². The van der Waals surface area contributed by atoms with Crippen molar-refractivity contribution in [1.82, 2.24) is 20.0 Å². The second-order valence-electron chi connectivity index (χ2n) is 11.2. The fourth-order valence-corrected chi connectivity index (χ4v) is 6.73. The number of para-hydroxylation sites is 1. The van der Waals surface area contributed by atoms with E-state index in [0.717, 1.165) is 16.7 Å². The summed E-state index contributed by atoms with van der Waals surface area (Å²) in [4.78, 5) is 46.3. The molecule has 1 aliphatic rings. The van der Waals surface area contributed by atoms with E-state index >= 15 is 0 Å². The van der Waals surface area contributed by atoms with Gasteiger partial charge in [-0.05, 0) is 84.8 Å². The van der Waals surface area contributed by atoms with Crippen molar-refractivity contribution in [3.8, 4) is 17.1 Å². The second kappa shape index (κ2) is 12.9. The first kappa shape index (κ1) is 31.1. The number of hydrogen-bond acceptors (Lipinski definition) is 5. The zero-order valence-electron chi connectivity index (χ0n) is 25.4. The van der Waals surface area contributed by atoms with Crippen LogP contribution in [0.25, 0.3) is 34.1 Å². The van der Waals surface area contributed by atoms with Crippen molar-refractivity contribution in [3.05, 3.63) is 170 Å². The van der Waals surface area contributed by atoms with E-state index in [-0.39, 0.29) is 11.1 Å². The van der Waals surface area contributed by atoms with Gasteiger partial charge in [0, 0.05) is 16.1 Å². The first-order valence-corrected chi connectivity index (χ1v) is 16.2. The summed E-state index contributed by atoms with van der Waals surface area (Å²) in [5.41, 5.74) is 7.13. The van der Waals surface area contributed by atoms with Crippen LogP contribution in [0.1, 0.15) is 32.4 Å². The van der Waals surface area contributed by atoms with Crippen LogP contribution in [-0.4, -0.2) is 26.4 Å². The molecule has 1 saturated heterocycles. The molecule has 5 aromatic carbocycles. The molecule has 0 saturated carbocycles. The van der Waals surface area contributed by atoms with Gasteiger partial charge in [0.25, 0.3) is 17.4 Å². The maximum absolute atomic E-state index is 13.8. The molecule has 7 rings (SSSR count). The molecule has 0 spiro atoms. The highest BCUT2D eigenvalue weighted by Gasteiger charge is 2.38. The van der Waals surface area contributed by atoms with E-state index in [2.05, 4.69) is 5.43 Å². The van der Waals surface area contributed by atoms with Crippen LogP contribution in [0.2, 0.25) is 5.02 Å². The van der Waals surface area contributed by atoms with Crippen molar-refractivity contribution < 1.29 is 14.0 Å². The minimum atomic E-state index is -0.640. The van der Waals surface area contributed by atoms with Gasteiger partial charge in [0.2, 0.25) is 0 Å². The number of thioether (sulfide) groups is 1. The molecule has 1 unspecified atom stereocenters. The molecular formula is C38H26ClFN4O3S. The highest BCUT2D eigenvalue weighted by atomic mass is 35.5. The van der Waals surface area contributed by atoms with Gasteiger partial charge in [-0.25, -0.2) is 14.4 Å². The summed E-state index contributed by atoms with van der Waals surface area (Å²) in [5, 5.41) is 1.65. The summed E-state index contributed by atoms with van der Waals surface area (Å²) in [5.74, 6) is -0.881. The van der Waals surface area contributed by atoms with Crippen LogP contribution in [0.15, 0.2) is 131 Å². The van der Waals surface area contributed by atoms with Crippen molar-refractivity contribution in [2.24, 2.45) is 0 Å². The lowest BCUT2D eigenvalue weighted by molar-refractivity contribution is -0.128. The number of carbonyl (C=O) groups excluding carboxylic acids is 2. The van der Waals surface area contributed by atoms with Gasteiger partial charge in [0.15, 0.2) is 0 Å². The Morgan fingerprint density at radius 1 is 0.875 bits per heavy atom. The molecule has 10 heteroatoms. The van der Waals surface area contributed by atoms with Gasteiger partial charge < -0.3 is 0 Å². The molecule has 1 atom stereocenters. The van der Waals surface area contributed by atoms with E-state index < -0.39 is 23.0 Å². The average molecular weight is 673 g/mol. The van der Waals surface area contributed by atoms with Crippen LogP contribution in [0.4, 0.5) is 4.39 Å². The number of rotatable bonds is 6. The molecule has 2 amide bonds. The predicted molar refractivity (Wildman–Crippen MR) is 188 cm³/mol. The van der Waals surface area contributed by atoms with E-state index in [1.807, 2.05) is 37.3 Å². The van der Waals surface area contributed by atoms with Crippen LogP contribution < -0.4 is 11.0 Å². The van der Waals surface area contributed by atoms with Crippen LogP contribution in [0, 0.1) is 12.7 Å². The number of carbonyl (C=O) groups is 2. The average Bonchev–Trinajstić information content (AvgIpc) is 3.40. The van der Waals surface area contributed by atoms with Crippen LogP contribution >= 0.6 is 23.4 Å². The van der Waals surface area contributed by atoms with Crippen molar-refractivity contribution >= 4 is 52.2 Å². The molecule has 1 N–H and O–H groups in total. The Bertz CT molecular complexity index is 2270. The second-order valence-corrected chi connectivity index (χ2v) is 12.8. The molecule has 0 bridgehead atoms. The summed E-state index contributed by atoms with van der Waals surface area (Å²) < 4.78 is 15.3. The number of halogens is 2. The van der Waals surface area contributed by atoms with Gasteiger partial charge in [0.05, 0.1) is 21.5 Å². The van der Waals surface area contributed by atoms with E-state index in [9.17, 15) is 18.8 Å². The molecule has 1 aliphatic heterocycles. The predicted octanol–water partition coefficient (Wildman–Crippen LogP) is 8.11. The topological polar surface area (TPSA) is 84.3 Å². The number of aromatic nitrogens is 2. The quantitative estimate of drug-likeness (QED) is 0.181. The lowest BCUT2D eigenvalue weighted by atomic mass is 10.1. The molecule has 7 nitrogen and oxygen atoms in total. The number of nitrogens with zero attached hydrogens (tertiary/aromatic N) is 3. The van der Waals surface area contributed by atoms with E-state index in [0.29, 0.717) is 37.9 Å². The van der Waals surface area contributed by atoms with E-state index in [4.69, 9.17) is 16.6 Å². The highest BCUT2D eigenvalue weighted by molar-refractivity contribution is 8.04. The molecule has 1 fully saturated rings. The monoisotopic (exact) mass is 672 g/mol. The summed E-state index contributed by atoms with van der Waals surface area (Å²) in [7, 11) is 0. The van der Waals surface area contributed by atoms with Gasteiger partial charge in [-0.1, -0.05) is 89.6 Å². The Morgan fingerprint density at radius 2 is 1.56 bits per heavy atom. The Morgan fingerprint density at radius 3 is 2.27 bits per heavy atom. The molecule has 0 radical (unpaired) electrons.